The van der Waals surface area contributed by atoms with Gasteiger partial charge in [-0.25, -0.2) is 14.7 Å². The summed E-state index contributed by atoms with van der Waals surface area (Å²) in [5.41, 5.74) is 2.50. The van der Waals surface area contributed by atoms with Crippen molar-refractivity contribution < 1.29 is 9.53 Å². The summed E-state index contributed by atoms with van der Waals surface area (Å²) in [7, 11) is 1.57. The van der Waals surface area contributed by atoms with Crippen LogP contribution in [0.1, 0.15) is 5.56 Å². The van der Waals surface area contributed by atoms with E-state index in [2.05, 4.69) is 25.1 Å². The number of fused-ring (bicyclic) bond motifs is 1. The van der Waals surface area contributed by atoms with Gasteiger partial charge in [0, 0.05) is 30.4 Å². The van der Waals surface area contributed by atoms with Gasteiger partial charge in [0.05, 0.1) is 0 Å². The Kier molecular flexibility index (Phi) is 4.06. The molecule has 2 N–H and O–H groups in total. The van der Waals surface area contributed by atoms with Gasteiger partial charge in [0.15, 0.2) is 5.82 Å². The van der Waals surface area contributed by atoms with Gasteiger partial charge < -0.3 is 9.72 Å². The standard InChI is InChI=1S/C18H16N6O2/c1-24(18(25)26-11-12-6-3-2-4-7-12)17-21-16(22-23-17)14-10-20-15-13(14)8-5-9-19-15/h2-10H,11H2,1H3,(H,19,20)(H,21,22,23). The van der Waals surface area contributed by atoms with Crippen molar-refractivity contribution in [3.8, 4) is 11.4 Å². The Balaban J connectivity index is 1.49. The molecule has 0 aliphatic carbocycles. The molecule has 0 spiro atoms. The minimum Gasteiger partial charge on any atom is -0.444 e. The molecule has 3 heterocycles. The van der Waals surface area contributed by atoms with Gasteiger partial charge in [0.25, 0.3) is 5.95 Å². The summed E-state index contributed by atoms with van der Waals surface area (Å²) < 4.78 is 5.29. The van der Waals surface area contributed by atoms with Crippen LogP contribution < -0.4 is 4.90 Å². The van der Waals surface area contributed by atoms with Crippen molar-refractivity contribution in [3.05, 3.63) is 60.4 Å². The summed E-state index contributed by atoms with van der Waals surface area (Å²) in [5.74, 6) is 0.776. The molecule has 0 atom stereocenters. The number of nitrogens with zero attached hydrogens (tertiary/aromatic N) is 4. The van der Waals surface area contributed by atoms with Crippen LogP contribution in [0.3, 0.4) is 0 Å². The first-order chi connectivity index (χ1) is 12.7. The maximum absolute atomic E-state index is 12.2. The van der Waals surface area contributed by atoms with Crippen LogP contribution in [0.4, 0.5) is 10.7 Å². The number of nitrogens with one attached hydrogen (secondary N) is 2. The minimum atomic E-state index is -0.528. The summed E-state index contributed by atoms with van der Waals surface area (Å²) in [4.78, 5) is 25.2. The average Bonchev–Trinajstić information content (AvgIpc) is 3.33. The number of aromatic amines is 2. The number of aromatic nitrogens is 5. The zero-order valence-corrected chi connectivity index (χ0v) is 14.0. The second kappa shape index (κ2) is 6.67. The van der Waals surface area contributed by atoms with E-state index >= 15 is 0 Å². The van der Waals surface area contributed by atoms with Crippen LogP contribution in [-0.2, 0) is 11.3 Å². The predicted octanol–water partition coefficient (Wildman–Crippen LogP) is 3.12. The van der Waals surface area contributed by atoms with Crippen LogP contribution >= 0.6 is 0 Å². The van der Waals surface area contributed by atoms with E-state index < -0.39 is 6.09 Å². The van der Waals surface area contributed by atoms with Gasteiger partial charge in [-0.2, -0.15) is 4.98 Å². The van der Waals surface area contributed by atoms with Crippen LogP contribution in [-0.4, -0.2) is 38.3 Å². The van der Waals surface area contributed by atoms with Crippen LogP contribution in [0, 0.1) is 0 Å². The summed E-state index contributed by atoms with van der Waals surface area (Å²) in [6, 6.07) is 13.3. The third-order valence-electron chi connectivity index (χ3n) is 3.96. The molecule has 0 aliphatic heterocycles. The maximum Gasteiger partial charge on any atom is 0.416 e. The van der Waals surface area contributed by atoms with Gasteiger partial charge in [-0.05, 0) is 17.7 Å². The molecular weight excluding hydrogens is 332 g/mol. The quantitative estimate of drug-likeness (QED) is 0.590. The van der Waals surface area contributed by atoms with Crippen molar-refractivity contribution >= 4 is 23.1 Å². The molecule has 8 nitrogen and oxygen atoms in total. The molecule has 1 aromatic carbocycles. The number of pyridine rings is 1. The lowest BCUT2D eigenvalue weighted by Crippen LogP contribution is -2.27. The number of hydrogen-bond acceptors (Lipinski definition) is 5. The molecule has 0 saturated heterocycles. The number of rotatable bonds is 4. The fraction of sp³-hybridized carbons (Fsp3) is 0.111. The lowest BCUT2D eigenvalue weighted by molar-refractivity contribution is 0.148. The van der Waals surface area contributed by atoms with E-state index in [0.717, 1.165) is 22.2 Å². The molecule has 0 aliphatic rings. The van der Waals surface area contributed by atoms with Crippen LogP contribution in [0.15, 0.2) is 54.9 Å². The molecule has 4 rings (SSSR count). The van der Waals surface area contributed by atoms with Crippen molar-refractivity contribution in [2.24, 2.45) is 0 Å². The maximum atomic E-state index is 12.2. The number of amides is 1. The molecule has 26 heavy (non-hydrogen) atoms. The molecule has 0 bridgehead atoms. The van der Waals surface area contributed by atoms with Gasteiger partial charge >= 0.3 is 6.09 Å². The number of carbonyl (C=O) groups is 1. The number of carbonyl (C=O) groups excluding carboxylic acids is 1. The van der Waals surface area contributed by atoms with Crippen LogP contribution in [0.2, 0.25) is 0 Å². The first kappa shape index (κ1) is 15.8. The first-order valence-electron chi connectivity index (χ1n) is 8.01. The Morgan fingerprint density at radius 3 is 2.88 bits per heavy atom. The molecule has 0 unspecified atom stereocenters. The largest absolute Gasteiger partial charge is 0.444 e. The second-order valence-electron chi connectivity index (χ2n) is 5.69. The molecule has 130 valence electrons. The number of benzene rings is 1. The average molecular weight is 348 g/mol. The Morgan fingerprint density at radius 1 is 1.19 bits per heavy atom. The molecule has 8 heteroatoms. The van der Waals surface area contributed by atoms with Crippen molar-refractivity contribution in [2.45, 2.75) is 6.61 Å². The highest BCUT2D eigenvalue weighted by molar-refractivity contribution is 5.92. The topological polar surface area (TPSA) is 99.8 Å². The Hall–Kier alpha value is -3.68. The van der Waals surface area contributed by atoms with Gasteiger partial charge in [-0.15, -0.1) is 5.10 Å². The molecule has 0 radical (unpaired) electrons. The van der Waals surface area contributed by atoms with Crippen LogP contribution in [0.25, 0.3) is 22.4 Å². The fourth-order valence-electron chi connectivity index (χ4n) is 2.57. The number of ether oxygens (including phenoxy) is 1. The Morgan fingerprint density at radius 2 is 2.04 bits per heavy atom. The third kappa shape index (κ3) is 3.00. The van der Waals surface area contributed by atoms with Crippen molar-refractivity contribution in [2.75, 3.05) is 11.9 Å². The second-order valence-corrected chi connectivity index (χ2v) is 5.69. The fourth-order valence-corrected chi connectivity index (χ4v) is 2.57. The van der Waals surface area contributed by atoms with Crippen LogP contribution in [0.5, 0.6) is 0 Å². The number of anilines is 1. The zero-order valence-electron chi connectivity index (χ0n) is 14.0. The van der Waals surface area contributed by atoms with Gasteiger partial charge in [-0.3, -0.25) is 5.10 Å². The molecule has 3 aromatic heterocycles. The van der Waals surface area contributed by atoms with Crippen molar-refractivity contribution in [1.82, 2.24) is 25.1 Å². The lowest BCUT2D eigenvalue weighted by atomic mass is 10.2. The minimum absolute atomic E-state index is 0.190. The van der Waals surface area contributed by atoms with Gasteiger partial charge in [0.2, 0.25) is 0 Å². The van der Waals surface area contributed by atoms with E-state index in [9.17, 15) is 4.79 Å². The molecule has 1 amide bonds. The Labute approximate surface area is 148 Å². The summed E-state index contributed by atoms with van der Waals surface area (Å²) in [5, 5.41) is 7.88. The van der Waals surface area contributed by atoms with Crippen molar-refractivity contribution in [1.29, 1.82) is 0 Å². The van der Waals surface area contributed by atoms with E-state index in [1.54, 1.807) is 19.4 Å². The van der Waals surface area contributed by atoms with E-state index in [-0.39, 0.29) is 12.6 Å². The van der Waals surface area contributed by atoms with E-state index in [0.29, 0.717) is 5.82 Å². The smallest absolute Gasteiger partial charge is 0.416 e. The zero-order chi connectivity index (χ0) is 17.9. The normalized spacial score (nSPS) is 10.8. The highest BCUT2D eigenvalue weighted by Crippen LogP contribution is 2.25. The highest BCUT2D eigenvalue weighted by Gasteiger charge is 2.19. The van der Waals surface area contributed by atoms with E-state index in [4.69, 9.17) is 4.74 Å². The third-order valence-corrected chi connectivity index (χ3v) is 3.96. The lowest BCUT2D eigenvalue weighted by Gasteiger charge is -2.12. The summed E-state index contributed by atoms with van der Waals surface area (Å²) >= 11 is 0. The number of H-pyrrole nitrogens is 2. The van der Waals surface area contributed by atoms with Crippen molar-refractivity contribution in [3.63, 3.8) is 0 Å². The highest BCUT2D eigenvalue weighted by atomic mass is 16.6. The molecule has 0 saturated carbocycles. The molecule has 4 aromatic rings. The van der Waals surface area contributed by atoms with Gasteiger partial charge in [-0.1, -0.05) is 30.3 Å². The molecule has 0 fully saturated rings. The summed E-state index contributed by atoms with van der Waals surface area (Å²) in [6.07, 6.45) is 2.99. The molecular formula is C18H16N6O2. The first-order valence-corrected chi connectivity index (χ1v) is 8.01. The predicted molar refractivity (Wildman–Crippen MR) is 96.5 cm³/mol. The van der Waals surface area contributed by atoms with E-state index in [1.807, 2.05) is 42.5 Å². The summed E-state index contributed by atoms with van der Waals surface area (Å²) in [6.45, 7) is 0.190. The van der Waals surface area contributed by atoms with E-state index in [1.165, 1.54) is 4.90 Å². The number of hydrogen-bond donors (Lipinski definition) is 2. The Bertz CT molecular complexity index is 1040. The monoisotopic (exact) mass is 348 g/mol. The van der Waals surface area contributed by atoms with Gasteiger partial charge in [0.1, 0.15) is 12.3 Å². The SMILES string of the molecule is CN(C(=O)OCc1ccccc1)c1n[nH]c(-c2c[nH]c3ncccc23)n1.